The molecule has 2 unspecified atom stereocenters. The van der Waals surface area contributed by atoms with E-state index in [0.29, 0.717) is 60.0 Å². The van der Waals surface area contributed by atoms with Gasteiger partial charge in [-0.1, -0.05) is 25.5 Å². The molecule has 6 rings (SSSR count). The summed E-state index contributed by atoms with van der Waals surface area (Å²) in [6, 6.07) is 9.65. The topological polar surface area (TPSA) is 185 Å². The van der Waals surface area contributed by atoms with Gasteiger partial charge in [0.1, 0.15) is 17.6 Å². The summed E-state index contributed by atoms with van der Waals surface area (Å²) < 4.78 is 18.1. The van der Waals surface area contributed by atoms with Crippen LogP contribution in [0.3, 0.4) is 0 Å². The molecule has 0 radical (unpaired) electrons. The molecular weight excluding hydrogens is 783 g/mol. The van der Waals surface area contributed by atoms with E-state index in [-0.39, 0.29) is 30.6 Å². The number of anilines is 2. The number of H-pyrrole nitrogens is 1. The van der Waals surface area contributed by atoms with Gasteiger partial charge in [0.05, 0.1) is 17.4 Å². The molecule has 2 atom stereocenters. The van der Waals surface area contributed by atoms with Crippen LogP contribution in [0.1, 0.15) is 120 Å². The van der Waals surface area contributed by atoms with E-state index in [1.54, 1.807) is 39.0 Å². The van der Waals surface area contributed by atoms with Crippen LogP contribution >= 0.6 is 0 Å². The standard InChI is InChI=1S/C45H61N7O7S/c1-7-11-31(26-53)52-25-35-29(13-10-14-32(35)43(52)56)12-8-9-17-47-37-21-38-33(20-30(37)27-60(6)58)34(22-46-5)39-36(24-51(38)23-28-15-16-28)40(50-41(39)54)42(55)48-18-19-49-44(57)59-45(2,3)4/h10,13-14,20-22,26,28,31,46-47,50,54H,7-9,11-12,15-19,23-25,27H2,1-6H3,(H,48,55)(H,49,57)/b34-22-. The van der Waals surface area contributed by atoms with E-state index in [0.717, 1.165) is 85.0 Å². The third-order valence-corrected chi connectivity index (χ3v) is 11.8. The minimum absolute atomic E-state index is 0.0709. The van der Waals surface area contributed by atoms with Crippen LogP contribution in [0.4, 0.5) is 16.2 Å². The third-order valence-electron chi connectivity index (χ3n) is 11.1. The van der Waals surface area contributed by atoms with Crippen LogP contribution in [0.25, 0.3) is 5.57 Å². The largest absolute Gasteiger partial charge is 0.494 e. The Labute approximate surface area is 355 Å². The van der Waals surface area contributed by atoms with E-state index in [1.165, 1.54) is 0 Å². The zero-order valence-electron chi connectivity index (χ0n) is 35.8. The Kier molecular flexibility index (Phi) is 14.3. The van der Waals surface area contributed by atoms with Crippen molar-refractivity contribution in [3.63, 3.8) is 0 Å². The third kappa shape index (κ3) is 10.5. The number of aldehydes is 1. The van der Waals surface area contributed by atoms with Crippen molar-refractivity contribution in [3.05, 3.63) is 81.2 Å². The van der Waals surface area contributed by atoms with Gasteiger partial charge in [-0.2, -0.15) is 0 Å². The second-order valence-corrected chi connectivity index (χ2v) is 18.5. The maximum Gasteiger partial charge on any atom is 0.407 e. The second-order valence-electron chi connectivity index (χ2n) is 17.1. The normalized spacial score (nSPS) is 16.4. The highest BCUT2D eigenvalue weighted by Crippen LogP contribution is 2.46. The molecule has 0 spiro atoms. The number of ether oxygens (including phenoxy) is 1. The highest BCUT2D eigenvalue weighted by molar-refractivity contribution is 7.83. The predicted molar refractivity (Wildman–Crippen MR) is 236 cm³/mol. The van der Waals surface area contributed by atoms with Gasteiger partial charge in [0.15, 0.2) is 5.88 Å². The molecule has 6 N–H and O–H groups in total. The van der Waals surface area contributed by atoms with Gasteiger partial charge in [-0.05, 0) is 100 Å². The van der Waals surface area contributed by atoms with Crippen molar-refractivity contribution in [2.75, 3.05) is 49.7 Å². The fourth-order valence-corrected chi connectivity index (χ4v) is 8.86. The molecule has 0 saturated heterocycles. The van der Waals surface area contributed by atoms with E-state index < -0.39 is 34.4 Å². The summed E-state index contributed by atoms with van der Waals surface area (Å²) in [5, 5.41) is 23.8. The number of hydrogen-bond donors (Lipinski definition) is 6. The van der Waals surface area contributed by atoms with Gasteiger partial charge >= 0.3 is 6.09 Å². The average molecular weight is 844 g/mol. The number of benzene rings is 2. The van der Waals surface area contributed by atoms with Crippen molar-refractivity contribution in [2.45, 2.75) is 103 Å². The van der Waals surface area contributed by atoms with Crippen LogP contribution in [-0.4, -0.2) is 94.5 Å². The number of amides is 3. The van der Waals surface area contributed by atoms with Crippen LogP contribution in [0.15, 0.2) is 36.5 Å². The number of aromatic nitrogens is 1. The Bertz CT molecular complexity index is 2140. The molecule has 60 heavy (non-hydrogen) atoms. The molecular formula is C45H61N7O7S. The van der Waals surface area contributed by atoms with Crippen molar-refractivity contribution < 1.29 is 33.2 Å². The lowest BCUT2D eigenvalue weighted by Gasteiger charge is -2.27. The Balaban J connectivity index is 1.21. The van der Waals surface area contributed by atoms with E-state index in [2.05, 4.69) is 49.4 Å². The number of aromatic hydroxyl groups is 1. The van der Waals surface area contributed by atoms with E-state index in [4.69, 9.17) is 4.74 Å². The van der Waals surface area contributed by atoms with Gasteiger partial charge in [-0.15, -0.1) is 0 Å². The molecule has 3 amide bonds. The van der Waals surface area contributed by atoms with E-state index >= 15 is 0 Å². The molecule has 324 valence electrons. The molecule has 14 nitrogen and oxygen atoms in total. The SMILES string of the molecule is CCCC(C=O)N1Cc2c(CCCCNc3cc4c(cc3CS(C)=O)/C(=C/NC)c3c(O)[nH]c(C(=O)NCCNC(=O)OC(C)(C)C)c3CN4CC3CC3)cccc2C1=O. The first kappa shape index (κ1) is 44.2. The minimum Gasteiger partial charge on any atom is -0.494 e. The lowest BCUT2D eigenvalue weighted by Crippen LogP contribution is -2.38. The summed E-state index contributed by atoms with van der Waals surface area (Å²) in [5.41, 5.74) is 7.91. The number of unbranched alkanes of at least 4 members (excludes halogenated alkanes) is 1. The molecule has 3 heterocycles. The fourth-order valence-electron chi connectivity index (χ4n) is 8.18. The van der Waals surface area contributed by atoms with Crippen molar-refractivity contribution in [2.24, 2.45) is 5.92 Å². The summed E-state index contributed by atoms with van der Waals surface area (Å²) in [7, 11) is 0.640. The summed E-state index contributed by atoms with van der Waals surface area (Å²) in [5.74, 6) is 0.211. The fraction of sp³-hybridized carbons (Fsp3) is 0.511. The molecule has 2 aromatic carbocycles. The first-order valence-electron chi connectivity index (χ1n) is 21.1. The molecule has 0 bridgehead atoms. The number of nitrogens with one attached hydrogen (secondary N) is 5. The molecule has 1 saturated carbocycles. The van der Waals surface area contributed by atoms with Gasteiger partial charge in [-0.3, -0.25) is 13.8 Å². The number of alkyl carbamates (subject to hydrolysis) is 1. The molecule has 1 aromatic heterocycles. The maximum absolute atomic E-state index is 13.7. The summed E-state index contributed by atoms with van der Waals surface area (Å²) in [4.78, 5) is 57.8. The number of carbonyl (C=O) groups excluding carboxylic acids is 4. The van der Waals surface area contributed by atoms with Gasteiger partial charge in [0.25, 0.3) is 11.8 Å². The van der Waals surface area contributed by atoms with E-state index in [1.807, 2.05) is 25.3 Å². The first-order chi connectivity index (χ1) is 28.7. The monoisotopic (exact) mass is 843 g/mol. The van der Waals surface area contributed by atoms with Gasteiger partial charge in [0, 0.05) is 103 Å². The van der Waals surface area contributed by atoms with Crippen molar-refractivity contribution in [1.82, 2.24) is 25.8 Å². The Morgan fingerprint density at radius 1 is 1.05 bits per heavy atom. The smallest absolute Gasteiger partial charge is 0.407 e. The number of fused-ring (bicyclic) bond motifs is 3. The van der Waals surface area contributed by atoms with Crippen LogP contribution < -0.4 is 26.2 Å². The number of nitrogens with zero attached hydrogens (tertiary/aromatic N) is 2. The van der Waals surface area contributed by atoms with Crippen LogP contribution in [0.5, 0.6) is 5.88 Å². The zero-order chi connectivity index (χ0) is 43.1. The molecule has 1 fully saturated rings. The molecule has 3 aromatic rings. The van der Waals surface area contributed by atoms with Crippen molar-refractivity contribution in [1.29, 1.82) is 0 Å². The lowest BCUT2D eigenvalue weighted by molar-refractivity contribution is -0.112. The predicted octanol–water partition coefficient (Wildman–Crippen LogP) is 5.95. The molecule has 1 aliphatic carbocycles. The zero-order valence-corrected chi connectivity index (χ0v) is 36.6. The summed E-state index contributed by atoms with van der Waals surface area (Å²) in [6.45, 7) is 9.92. The molecule has 2 aliphatic heterocycles. The lowest BCUT2D eigenvalue weighted by atomic mass is 9.94. The van der Waals surface area contributed by atoms with Gasteiger partial charge in [-0.25, -0.2) is 4.79 Å². The number of aryl methyl sites for hydroxylation is 1. The highest BCUT2D eigenvalue weighted by atomic mass is 32.2. The Hall–Kier alpha value is -5.31. The maximum atomic E-state index is 13.7. The molecule has 3 aliphatic rings. The van der Waals surface area contributed by atoms with Crippen LogP contribution in [0, 0.1) is 5.92 Å². The molecule has 15 heteroatoms. The first-order valence-corrected chi connectivity index (χ1v) is 22.8. The number of aromatic amines is 1. The van der Waals surface area contributed by atoms with Crippen molar-refractivity contribution >= 4 is 51.9 Å². The van der Waals surface area contributed by atoms with Crippen molar-refractivity contribution in [3.8, 4) is 5.88 Å². The van der Waals surface area contributed by atoms with Crippen LogP contribution in [0.2, 0.25) is 0 Å². The number of carbonyl (C=O) groups is 4. The second kappa shape index (κ2) is 19.4. The van der Waals surface area contributed by atoms with Gasteiger partial charge in [0.2, 0.25) is 0 Å². The minimum atomic E-state index is -1.15. The summed E-state index contributed by atoms with van der Waals surface area (Å²) >= 11 is 0. The van der Waals surface area contributed by atoms with Crippen LogP contribution in [-0.2, 0) is 45.6 Å². The number of hydrogen-bond acceptors (Lipinski definition) is 10. The van der Waals surface area contributed by atoms with E-state index in [9.17, 15) is 28.5 Å². The Morgan fingerprint density at radius 3 is 2.50 bits per heavy atom. The summed E-state index contributed by atoms with van der Waals surface area (Å²) in [6.07, 6.45) is 10.1. The quantitative estimate of drug-likeness (QED) is 0.0623. The average Bonchev–Trinajstić information content (AvgIpc) is 3.89. The Morgan fingerprint density at radius 2 is 1.82 bits per heavy atom. The highest BCUT2D eigenvalue weighted by Gasteiger charge is 2.36. The number of rotatable bonds is 19. The van der Waals surface area contributed by atoms with Gasteiger partial charge < -0.3 is 50.7 Å².